The molecule has 0 atom stereocenters. The molecular formula is C19H15NO3. The highest BCUT2D eigenvalue weighted by Gasteiger charge is 2.10. The Bertz CT molecular complexity index is 798. The van der Waals surface area contributed by atoms with Gasteiger partial charge in [-0.3, -0.25) is 0 Å². The first kappa shape index (κ1) is 14.8. The Morgan fingerprint density at radius 1 is 0.913 bits per heavy atom. The van der Waals surface area contributed by atoms with Crippen molar-refractivity contribution in [1.82, 2.24) is 4.98 Å². The third kappa shape index (κ3) is 3.74. The van der Waals surface area contributed by atoms with Crippen molar-refractivity contribution in [3.8, 4) is 17.0 Å². The second-order valence-corrected chi connectivity index (χ2v) is 5.08. The molecule has 2 aromatic carbocycles. The van der Waals surface area contributed by atoms with Crippen molar-refractivity contribution in [3.63, 3.8) is 0 Å². The zero-order chi connectivity index (χ0) is 16.1. The monoisotopic (exact) mass is 305 g/mol. The number of hydrogen-bond acceptors (Lipinski definition) is 3. The molecule has 0 radical (unpaired) electrons. The predicted octanol–water partition coefficient (Wildman–Crippen LogP) is 4.40. The Morgan fingerprint density at radius 2 is 1.61 bits per heavy atom. The predicted molar refractivity (Wildman–Crippen MR) is 87.6 cm³/mol. The van der Waals surface area contributed by atoms with Crippen molar-refractivity contribution in [1.29, 1.82) is 0 Å². The third-order valence-corrected chi connectivity index (χ3v) is 3.47. The van der Waals surface area contributed by atoms with Gasteiger partial charge in [0.1, 0.15) is 0 Å². The van der Waals surface area contributed by atoms with Gasteiger partial charge >= 0.3 is 6.16 Å². The second-order valence-electron chi connectivity index (χ2n) is 5.08. The molecule has 0 amide bonds. The highest BCUT2D eigenvalue weighted by Crippen LogP contribution is 2.28. The normalized spacial score (nSPS) is 10.3. The van der Waals surface area contributed by atoms with E-state index < -0.39 is 6.16 Å². The highest BCUT2D eigenvalue weighted by atomic mass is 16.7. The molecule has 0 spiro atoms. The summed E-state index contributed by atoms with van der Waals surface area (Å²) < 4.78 is 4.73. The van der Waals surface area contributed by atoms with E-state index in [1.807, 2.05) is 42.5 Å². The fourth-order valence-electron chi connectivity index (χ4n) is 2.41. The zero-order valence-electron chi connectivity index (χ0n) is 12.3. The summed E-state index contributed by atoms with van der Waals surface area (Å²) in [6.07, 6.45) is 0.990. The van der Waals surface area contributed by atoms with Crippen LogP contribution in [0, 0.1) is 0 Å². The summed E-state index contributed by atoms with van der Waals surface area (Å²) in [4.78, 5) is 14.7. The summed E-state index contributed by atoms with van der Waals surface area (Å²) in [5.41, 5.74) is 3.95. The first-order chi connectivity index (χ1) is 11.2. The van der Waals surface area contributed by atoms with E-state index in [9.17, 15) is 4.79 Å². The Hall–Kier alpha value is -3.14. The van der Waals surface area contributed by atoms with E-state index >= 15 is 0 Å². The number of ether oxygens (including phenoxy) is 1. The minimum Gasteiger partial charge on any atom is -0.449 e. The van der Waals surface area contributed by atoms with Crippen LogP contribution in [-0.4, -0.2) is 16.2 Å². The van der Waals surface area contributed by atoms with Crippen LogP contribution in [0.1, 0.15) is 11.1 Å². The summed E-state index contributed by atoms with van der Waals surface area (Å²) in [6.45, 7) is 0. The van der Waals surface area contributed by atoms with Crippen LogP contribution < -0.4 is 4.74 Å². The molecule has 0 bridgehead atoms. The Labute approximate surface area is 134 Å². The van der Waals surface area contributed by atoms with Gasteiger partial charge in [0.15, 0.2) is 0 Å². The van der Waals surface area contributed by atoms with Crippen LogP contribution in [0.25, 0.3) is 11.1 Å². The SMILES string of the molecule is O=C(O)Oc1ncccc1-c1ccc(Cc2ccccc2)cc1. The van der Waals surface area contributed by atoms with Crippen molar-refractivity contribution < 1.29 is 14.6 Å². The molecule has 0 saturated carbocycles. The van der Waals surface area contributed by atoms with Gasteiger partial charge in [0.2, 0.25) is 5.88 Å². The van der Waals surface area contributed by atoms with Gasteiger partial charge in [0, 0.05) is 11.8 Å². The molecule has 0 aliphatic rings. The lowest BCUT2D eigenvalue weighted by Crippen LogP contribution is -2.05. The third-order valence-electron chi connectivity index (χ3n) is 3.47. The summed E-state index contributed by atoms with van der Waals surface area (Å²) in [7, 11) is 0. The zero-order valence-corrected chi connectivity index (χ0v) is 12.3. The fourth-order valence-corrected chi connectivity index (χ4v) is 2.41. The van der Waals surface area contributed by atoms with Crippen molar-refractivity contribution in [3.05, 3.63) is 84.1 Å². The number of benzene rings is 2. The minimum absolute atomic E-state index is 0.0933. The molecule has 1 N–H and O–H groups in total. The van der Waals surface area contributed by atoms with Crippen molar-refractivity contribution in [2.24, 2.45) is 0 Å². The van der Waals surface area contributed by atoms with E-state index in [1.165, 1.54) is 17.3 Å². The van der Waals surface area contributed by atoms with Crippen molar-refractivity contribution >= 4 is 6.16 Å². The van der Waals surface area contributed by atoms with Gasteiger partial charge in [-0.1, -0.05) is 54.6 Å². The molecule has 0 aliphatic heterocycles. The Balaban J connectivity index is 1.84. The molecule has 4 nitrogen and oxygen atoms in total. The number of carboxylic acid groups (broad SMARTS) is 1. The van der Waals surface area contributed by atoms with E-state index in [2.05, 4.69) is 17.1 Å². The van der Waals surface area contributed by atoms with E-state index in [-0.39, 0.29) is 5.88 Å². The van der Waals surface area contributed by atoms with Gasteiger partial charge in [-0.25, -0.2) is 9.78 Å². The molecule has 1 heterocycles. The minimum atomic E-state index is -1.37. The number of carbonyl (C=O) groups is 1. The van der Waals surface area contributed by atoms with E-state index in [4.69, 9.17) is 9.84 Å². The molecular weight excluding hydrogens is 290 g/mol. The second kappa shape index (κ2) is 6.75. The largest absolute Gasteiger partial charge is 0.512 e. The van der Waals surface area contributed by atoms with Crippen LogP contribution in [0.3, 0.4) is 0 Å². The van der Waals surface area contributed by atoms with Gasteiger partial charge in [-0.05, 0) is 35.2 Å². The Morgan fingerprint density at radius 3 is 2.30 bits per heavy atom. The molecule has 1 aromatic heterocycles. The van der Waals surface area contributed by atoms with Crippen LogP contribution in [0.5, 0.6) is 5.88 Å². The maximum Gasteiger partial charge on any atom is 0.512 e. The molecule has 0 saturated heterocycles. The highest BCUT2D eigenvalue weighted by molar-refractivity contribution is 5.72. The first-order valence-corrected chi connectivity index (χ1v) is 7.21. The summed E-state index contributed by atoms with van der Waals surface area (Å²) in [6, 6.07) is 21.7. The maximum absolute atomic E-state index is 10.7. The average Bonchev–Trinajstić information content (AvgIpc) is 2.57. The summed E-state index contributed by atoms with van der Waals surface area (Å²) in [5.74, 6) is 0.0933. The number of aromatic nitrogens is 1. The smallest absolute Gasteiger partial charge is 0.449 e. The van der Waals surface area contributed by atoms with Gasteiger partial charge in [-0.15, -0.1) is 0 Å². The number of pyridine rings is 1. The van der Waals surface area contributed by atoms with E-state index in [0.29, 0.717) is 5.56 Å². The van der Waals surface area contributed by atoms with Crippen LogP contribution in [-0.2, 0) is 6.42 Å². The van der Waals surface area contributed by atoms with E-state index in [0.717, 1.165) is 12.0 Å². The quantitative estimate of drug-likeness (QED) is 0.726. The molecule has 3 rings (SSSR count). The molecule has 4 heteroatoms. The fraction of sp³-hybridized carbons (Fsp3) is 0.0526. The van der Waals surface area contributed by atoms with Gasteiger partial charge < -0.3 is 9.84 Å². The van der Waals surface area contributed by atoms with Crippen molar-refractivity contribution in [2.75, 3.05) is 0 Å². The van der Waals surface area contributed by atoms with Gasteiger partial charge in [0.25, 0.3) is 0 Å². The van der Waals surface area contributed by atoms with Crippen LogP contribution in [0.15, 0.2) is 72.9 Å². The molecule has 0 unspecified atom stereocenters. The Kier molecular flexibility index (Phi) is 4.34. The van der Waals surface area contributed by atoms with Gasteiger partial charge in [-0.2, -0.15) is 0 Å². The standard InChI is InChI=1S/C19H15NO3/c21-19(22)23-18-17(7-4-12-20-18)16-10-8-15(9-11-16)13-14-5-2-1-3-6-14/h1-12H,13H2,(H,21,22). The lowest BCUT2D eigenvalue weighted by Gasteiger charge is -2.08. The summed E-state index contributed by atoms with van der Waals surface area (Å²) >= 11 is 0. The van der Waals surface area contributed by atoms with Crippen LogP contribution in [0.4, 0.5) is 4.79 Å². The lowest BCUT2D eigenvalue weighted by molar-refractivity contribution is 0.143. The van der Waals surface area contributed by atoms with Crippen LogP contribution >= 0.6 is 0 Å². The summed E-state index contributed by atoms with van der Waals surface area (Å²) in [5, 5.41) is 8.78. The molecule has 23 heavy (non-hydrogen) atoms. The molecule has 3 aromatic rings. The average molecular weight is 305 g/mol. The number of nitrogens with zero attached hydrogens (tertiary/aromatic N) is 1. The maximum atomic E-state index is 10.7. The van der Waals surface area contributed by atoms with E-state index in [1.54, 1.807) is 12.1 Å². The number of hydrogen-bond donors (Lipinski definition) is 1. The topological polar surface area (TPSA) is 59.4 Å². The first-order valence-electron chi connectivity index (χ1n) is 7.21. The molecule has 0 aliphatic carbocycles. The van der Waals surface area contributed by atoms with Gasteiger partial charge in [0.05, 0.1) is 0 Å². The number of rotatable bonds is 4. The van der Waals surface area contributed by atoms with Crippen molar-refractivity contribution in [2.45, 2.75) is 6.42 Å². The molecule has 114 valence electrons. The molecule has 0 fully saturated rings. The van der Waals surface area contributed by atoms with Crippen LogP contribution in [0.2, 0.25) is 0 Å². The lowest BCUT2D eigenvalue weighted by atomic mass is 10.0.